The number of thioether (sulfide) groups is 1. The van der Waals surface area contributed by atoms with Crippen molar-refractivity contribution in [2.75, 3.05) is 10.6 Å². The van der Waals surface area contributed by atoms with Crippen LogP contribution in [-0.4, -0.2) is 17.1 Å². The molecule has 0 spiro atoms. The predicted octanol–water partition coefficient (Wildman–Crippen LogP) is 4.74. The van der Waals surface area contributed by atoms with Gasteiger partial charge < -0.3 is 5.73 Å². The van der Waals surface area contributed by atoms with Crippen molar-refractivity contribution in [1.29, 1.82) is 0 Å². The van der Waals surface area contributed by atoms with E-state index >= 15 is 0 Å². The van der Waals surface area contributed by atoms with Crippen LogP contribution in [0, 0.1) is 0 Å². The van der Waals surface area contributed by atoms with Gasteiger partial charge in [0.1, 0.15) is 0 Å². The van der Waals surface area contributed by atoms with E-state index in [1.807, 2.05) is 36.4 Å². The van der Waals surface area contributed by atoms with E-state index in [1.165, 1.54) is 54.3 Å². The summed E-state index contributed by atoms with van der Waals surface area (Å²) in [6.45, 7) is 0. The van der Waals surface area contributed by atoms with Crippen LogP contribution in [-0.2, 0) is 9.59 Å². The molecule has 4 rings (SSSR count). The van der Waals surface area contributed by atoms with Crippen LogP contribution in [0.2, 0.25) is 0 Å². The number of nitrogens with two attached hydrogens (primary N) is 1. The second-order valence-corrected chi connectivity index (χ2v) is 8.59. The summed E-state index contributed by atoms with van der Waals surface area (Å²) in [4.78, 5) is 27.6. The molecule has 1 aliphatic carbocycles. The molecule has 1 aliphatic heterocycles. The molecule has 2 aromatic carbocycles. The summed E-state index contributed by atoms with van der Waals surface area (Å²) < 4.78 is 0. The number of carbonyl (C=O) groups is 2. The van der Waals surface area contributed by atoms with Crippen molar-refractivity contribution in [3.8, 4) is 0 Å². The summed E-state index contributed by atoms with van der Waals surface area (Å²) in [5, 5.41) is -0.416. The first-order valence-electron chi connectivity index (χ1n) is 9.61. The van der Waals surface area contributed by atoms with Gasteiger partial charge in [-0.25, -0.2) is 4.90 Å². The van der Waals surface area contributed by atoms with Crippen molar-refractivity contribution in [3.05, 3.63) is 54.1 Å². The zero-order valence-electron chi connectivity index (χ0n) is 15.3. The van der Waals surface area contributed by atoms with Crippen LogP contribution in [0.1, 0.15) is 50.0 Å². The molecule has 5 heteroatoms. The third-order valence-electron chi connectivity index (χ3n) is 5.52. The maximum Gasteiger partial charge on any atom is 0.247 e. The molecule has 2 N–H and O–H groups in total. The largest absolute Gasteiger partial charge is 0.398 e. The molecule has 0 bridgehead atoms. The highest BCUT2D eigenvalue weighted by Gasteiger charge is 2.40. The van der Waals surface area contributed by atoms with Crippen molar-refractivity contribution in [2.45, 2.75) is 54.6 Å². The first-order valence-corrected chi connectivity index (χ1v) is 10.5. The van der Waals surface area contributed by atoms with Gasteiger partial charge in [-0.15, -0.1) is 11.8 Å². The summed E-state index contributed by atoms with van der Waals surface area (Å²) in [6, 6.07) is 15.5. The second-order valence-electron chi connectivity index (χ2n) is 7.34. The molecule has 4 nitrogen and oxygen atoms in total. The zero-order chi connectivity index (χ0) is 18.8. The van der Waals surface area contributed by atoms with E-state index in [4.69, 9.17) is 5.73 Å². The van der Waals surface area contributed by atoms with E-state index in [2.05, 4.69) is 12.1 Å². The Morgan fingerprint density at radius 3 is 2.33 bits per heavy atom. The van der Waals surface area contributed by atoms with Crippen LogP contribution >= 0.6 is 11.8 Å². The summed E-state index contributed by atoms with van der Waals surface area (Å²) in [6.07, 6.45) is 6.59. The van der Waals surface area contributed by atoms with Crippen molar-refractivity contribution in [1.82, 2.24) is 0 Å². The van der Waals surface area contributed by atoms with Crippen LogP contribution in [0.4, 0.5) is 11.4 Å². The van der Waals surface area contributed by atoms with Crippen LogP contribution in [0.15, 0.2) is 53.4 Å². The Balaban J connectivity index is 1.49. The monoisotopic (exact) mass is 380 g/mol. The molecule has 140 valence electrons. The highest BCUT2D eigenvalue weighted by Crippen LogP contribution is 2.37. The van der Waals surface area contributed by atoms with Crippen LogP contribution in [0.25, 0.3) is 0 Å². The van der Waals surface area contributed by atoms with Gasteiger partial charge in [0.2, 0.25) is 11.8 Å². The second kappa shape index (κ2) is 7.77. The molecule has 2 amide bonds. The van der Waals surface area contributed by atoms with E-state index in [-0.39, 0.29) is 18.2 Å². The number of carbonyl (C=O) groups excluding carboxylic acids is 2. The Morgan fingerprint density at radius 2 is 1.63 bits per heavy atom. The van der Waals surface area contributed by atoms with Gasteiger partial charge in [0.25, 0.3) is 0 Å². The molecule has 27 heavy (non-hydrogen) atoms. The molecule has 2 aromatic rings. The predicted molar refractivity (Wildman–Crippen MR) is 110 cm³/mol. The molecule has 0 unspecified atom stereocenters. The maximum atomic E-state index is 12.9. The summed E-state index contributed by atoms with van der Waals surface area (Å²) in [5.74, 6) is 0.318. The Morgan fingerprint density at radius 1 is 0.926 bits per heavy atom. The third kappa shape index (κ3) is 3.74. The van der Waals surface area contributed by atoms with Crippen LogP contribution in [0.3, 0.4) is 0 Å². The minimum absolute atomic E-state index is 0.141. The molecule has 1 heterocycles. The Hall–Kier alpha value is -2.27. The minimum atomic E-state index is -0.416. The van der Waals surface area contributed by atoms with Gasteiger partial charge in [0, 0.05) is 17.0 Å². The number of amides is 2. The number of rotatable bonds is 4. The third-order valence-corrected chi connectivity index (χ3v) is 6.80. The van der Waals surface area contributed by atoms with E-state index < -0.39 is 5.25 Å². The lowest BCUT2D eigenvalue weighted by Gasteiger charge is -2.23. The molecule has 1 saturated heterocycles. The zero-order valence-corrected chi connectivity index (χ0v) is 16.1. The van der Waals surface area contributed by atoms with Gasteiger partial charge in [0.15, 0.2) is 0 Å². The lowest BCUT2D eigenvalue weighted by atomic mass is 9.84. The van der Waals surface area contributed by atoms with Gasteiger partial charge in [-0.1, -0.05) is 43.5 Å². The molecule has 1 saturated carbocycles. The first-order chi connectivity index (χ1) is 13.1. The average Bonchev–Trinajstić information content (AvgIpc) is 2.98. The number of imide groups is 1. The molecular formula is C22H24N2O2S. The Bertz CT molecular complexity index is 844. The maximum absolute atomic E-state index is 12.9. The number of hydrogen-bond donors (Lipinski definition) is 1. The fourth-order valence-electron chi connectivity index (χ4n) is 4.04. The molecule has 0 aromatic heterocycles. The van der Waals surface area contributed by atoms with E-state index in [1.54, 1.807) is 0 Å². The van der Waals surface area contributed by atoms with Crippen molar-refractivity contribution in [2.24, 2.45) is 0 Å². The van der Waals surface area contributed by atoms with Crippen molar-refractivity contribution < 1.29 is 9.59 Å². The molecule has 0 radical (unpaired) electrons. The summed E-state index contributed by atoms with van der Waals surface area (Å²) in [5.41, 5.74) is 8.61. The number of hydrogen-bond acceptors (Lipinski definition) is 4. The highest BCUT2D eigenvalue weighted by molar-refractivity contribution is 8.00. The number of nitrogen functional groups attached to an aromatic ring is 1. The lowest BCUT2D eigenvalue weighted by Crippen LogP contribution is -2.31. The van der Waals surface area contributed by atoms with Gasteiger partial charge in [0.05, 0.1) is 10.9 Å². The molecule has 2 fully saturated rings. The average molecular weight is 381 g/mol. The van der Waals surface area contributed by atoms with E-state index in [9.17, 15) is 9.59 Å². The van der Waals surface area contributed by atoms with Gasteiger partial charge in [-0.3, -0.25) is 9.59 Å². The molecular weight excluding hydrogens is 356 g/mol. The van der Waals surface area contributed by atoms with Gasteiger partial charge >= 0.3 is 0 Å². The van der Waals surface area contributed by atoms with Gasteiger partial charge in [-0.2, -0.15) is 0 Å². The topological polar surface area (TPSA) is 63.4 Å². The van der Waals surface area contributed by atoms with Gasteiger partial charge in [-0.05, 0) is 48.6 Å². The number of benzene rings is 2. The highest BCUT2D eigenvalue weighted by atomic mass is 32.2. The van der Waals surface area contributed by atoms with E-state index in [0.29, 0.717) is 17.3 Å². The fourth-order valence-corrected chi connectivity index (χ4v) is 5.14. The first kappa shape index (κ1) is 18.1. The van der Waals surface area contributed by atoms with Crippen LogP contribution in [0.5, 0.6) is 0 Å². The molecule has 2 aliphatic rings. The SMILES string of the molecule is Nc1ccccc1S[C@H]1CC(=O)N(c2ccc(C3CCCCC3)cc2)C1=O. The van der Waals surface area contributed by atoms with E-state index in [0.717, 1.165) is 4.90 Å². The number of para-hydroxylation sites is 1. The summed E-state index contributed by atoms with van der Waals surface area (Å²) in [7, 11) is 0. The number of nitrogens with zero attached hydrogens (tertiary/aromatic N) is 1. The minimum Gasteiger partial charge on any atom is -0.398 e. The van der Waals surface area contributed by atoms with Crippen molar-refractivity contribution >= 4 is 35.0 Å². The Labute approximate surface area is 164 Å². The smallest absolute Gasteiger partial charge is 0.247 e. The standard InChI is InChI=1S/C22H24N2O2S/c23-18-8-4-5-9-19(18)27-20-14-21(25)24(22(20)26)17-12-10-16(11-13-17)15-6-2-1-3-7-15/h4-5,8-13,15,20H,1-3,6-7,14,23H2/t20-/m0/s1. The quantitative estimate of drug-likeness (QED) is 0.615. The van der Waals surface area contributed by atoms with Crippen molar-refractivity contribution in [3.63, 3.8) is 0 Å². The summed E-state index contributed by atoms with van der Waals surface area (Å²) >= 11 is 1.38. The number of anilines is 2. The lowest BCUT2D eigenvalue weighted by molar-refractivity contribution is -0.121. The Kier molecular flexibility index (Phi) is 5.21. The molecule has 1 atom stereocenters. The fraction of sp³-hybridized carbons (Fsp3) is 0.364. The van der Waals surface area contributed by atoms with Crippen LogP contribution < -0.4 is 10.6 Å². The normalized spacial score (nSPS) is 21.0.